The second-order valence-corrected chi connectivity index (χ2v) is 9.57. The molecule has 1 unspecified atom stereocenters. The van der Waals surface area contributed by atoms with Crippen molar-refractivity contribution in [2.24, 2.45) is 0 Å². The number of fused-ring (bicyclic) bond motifs is 1. The Kier molecular flexibility index (Phi) is 6.55. The van der Waals surface area contributed by atoms with Gasteiger partial charge in [0.1, 0.15) is 6.17 Å². The molecule has 1 fully saturated rings. The summed E-state index contributed by atoms with van der Waals surface area (Å²) in [6.45, 7) is 8.19. The summed E-state index contributed by atoms with van der Waals surface area (Å²) in [5.41, 5.74) is 4.61. The molecule has 0 aliphatic carbocycles. The second kappa shape index (κ2) is 9.92. The van der Waals surface area contributed by atoms with E-state index in [1.807, 2.05) is 78.2 Å². The van der Waals surface area contributed by atoms with Gasteiger partial charge in [-0.2, -0.15) is 0 Å². The third-order valence-corrected chi connectivity index (χ3v) is 6.90. The Morgan fingerprint density at radius 2 is 1.54 bits per heavy atom. The van der Waals surface area contributed by atoms with Gasteiger partial charge >= 0.3 is 0 Å². The summed E-state index contributed by atoms with van der Waals surface area (Å²) in [7, 11) is 0. The largest absolute Gasteiger partial charge is 0.361 e. The van der Waals surface area contributed by atoms with Gasteiger partial charge in [-0.05, 0) is 49.7 Å². The lowest BCUT2D eigenvalue weighted by Gasteiger charge is -2.35. The molecule has 6 heteroatoms. The molecule has 1 N–H and O–H groups in total. The van der Waals surface area contributed by atoms with Gasteiger partial charge in [-0.25, -0.2) is 0 Å². The maximum Gasteiger partial charge on any atom is 0.256 e. The molecule has 1 atom stereocenters. The average molecular weight is 469 g/mol. The highest BCUT2D eigenvalue weighted by Gasteiger charge is 2.37. The number of anilines is 1. The van der Waals surface area contributed by atoms with Gasteiger partial charge in [-0.15, -0.1) is 0 Å². The van der Waals surface area contributed by atoms with Crippen molar-refractivity contribution in [3.63, 3.8) is 0 Å². The highest BCUT2D eigenvalue weighted by atomic mass is 16.2. The first kappa shape index (κ1) is 23.1. The number of carbonyl (C=O) groups excluding carboxylic acids is 2. The van der Waals surface area contributed by atoms with Gasteiger partial charge in [0.15, 0.2) is 0 Å². The maximum absolute atomic E-state index is 13.1. The van der Waals surface area contributed by atoms with Crippen molar-refractivity contribution in [1.82, 2.24) is 14.7 Å². The van der Waals surface area contributed by atoms with Gasteiger partial charge in [-0.3, -0.25) is 14.5 Å². The monoisotopic (exact) mass is 468 g/mol. The number of piperazine rings is 1. The fourth-order valence-electron chi connectivity index (χ4n) is 5.02. The van der Waals surface area contributed by atoms with Gasteiger partial charge in [0.05, 0.1) is 0 Å². The van der Waals surface area contributed by atoms with Crippen LogP contribution in [0.5, 0.6) is 0 Å². The van der Waals surface area contributed by atoms with Crippen LogP contribution in [0.3, 0.4) is 0 Å². The zero-order valence-electron chi connectivity index (χ0n) is 20.4. The van der Waals surface area contributed by atoms with Crippen LogP contribution >= 0.6 is 0 Å². The van der Waals surface area contributed by atoms with E-state index in [9.17, 15) is 9.59 Å². The average Bonchev–Trinajstić information content (AvgIpc) is 3.17. The lowest BCUT2D eigenvalue weighted by molar-refractivity contribution is 0.0628. The highest BCUT2D eigenvalue weighted by molar-refractivity contribution is 5.99. The molecule has 0 saturated carbocycles. The number of benzene rings is 3. The van der Waals surface area contributed by atoms with Crippen LogP contribution < -0.4 is 5.32 Å². The number of hydrogen-bond donors (Lipinski definition) is 1. The van der Waals surface area contributed by atoms with E-state index < -0.39 is 0 Å². The van der Waals surface area contributed by atoms with E-state index in [1.54, 1.807) is 0 Å². The lowest BCUT2D eigenvalue weighted by atomic mass is 10.1. The molecular formula is C29H32N4O2. The van der Waals surface area contributed by atoms with Crippen LogP contribution in [0.4, 0.5) is 5.69 Å². The molecule has 0 spiro atoms. The Morgan fingerprint density at radius 1 is 0.886 bits per heavy atom. The number of hydrogen-bond acceptors (Lipinski definition) is 4. The standard InChI is InChI=1S/C29H32N4O2/c1-21(2)33-27(25-10-6-7-11-26(25)29(33)35)30-24-14-12-23(13-15-24)28(34)32-18-16-31(17-19-32)20-22-8-4-3-5-9-22/h3-15,21,27,30H,16-20H2,1-2H3. The fourth-order valence-corrected chi connectivity index (χ4v) is 5.02. The molecule has 0 radical (unpaired) electrons. The van der Waals surface area contributed by atoms with Crippen LogP contribution in [0, 0.1) is 0 Å². The van der Waals surface area contributed by atoms with Crippen molar-refractivity contribution >= 4 is 17.5 Å². The van der Waals surface area contributed by atoms with Gasteiger partial charge in [0, 0.05) is 61.1 Å². The highest BCUT2D eigenvalue weighted by Crippen LogP contribution is 2.35. The predicted octanol–water partition coefficient (Wildman–Crippen LogP) is 4.62. The third kappa shape index (κ3) is 4.80. The SMILES string of the molecule is CC(C)N1C(=O)c2ccccc2C1Nc1ccc(C(=O)N2CCN(Cc3ccccc3)CC2)cc1. The Morgan fingerprint density at radius 3 is 2.23 bits per heavy atom. The zero-order valence-corrected chi connectivity index (χ0v) is 20.4. The summed E-state index contributed by atoms with van der Waals surface area (Å²) in [4.78, 5) is 32.2. The number of nitrogens with one attached hydrogen (secondary N) is 1. The molecule has 3 aromatic carbocycles. The summed E-state index contributed by atoms with van der Waals surface area (Å²) < 4.78 is 0. The fraction of sp³-hybridized carbons (Fsp3) is 0.310. The molecule has 2 heterocycles. The van der Waals surface area contributed by atoms with E-state index >= 15 is 0 Å². The van der Waals surface area contributed by atoms with E-state index in [2.05, 4.69) is 34.5 Å². The van der Waals surface area contributed by atoms with Gasteiger partial charge < -0.3 is 15.1 Å². The molecule has 5 rings (SSSR count). The molecule has 180 valence electrons. The Labute approximate surface area is 207 Å². The second-order valence-electron chi connectivity index (χ2n) is 9.57. The van der Waals surface area contributed by atoms with E-state index in [-0.39, 0.29) is 24.0 Å². The quantitative estimate of drug-likeness (QED) is 0.574. The summed E-state index contributed by atoms with van der Waals surface area (Å²) in [5.74, 6) is 0.118. The molecule has 35 heavy (non-hydrogen) atoms. The van der Waals surface area contributed by atoms with E-state index in [0.29, 0.717) is 5.56 Å². The number of amides is 2. The molecule has 2 aliphatic heterocycles. The molecule has 2 amide bonds. The predicted molar refractivity (Wildman–Crippen MR) is 138 cm³/mol. The summed E-state index contributed by atoms with van der Waals surface area (Å²) >= 11 is 0. The van der Waals surface area contributed by atoms with Crippen molar-refractivity contribution < 1.29 is 9.59 Å². The van der Waals surface area contributed by atoms with E-state index in [0.717, 1.165) is 49.5 Å². The minimum atomic E-state index is -0.224. The van der Waals surface area contributed by atoms with Crippen LogP contribution in [0.15, 0.2) is 78.9 Å². The Bertz CT molecular complexity index is 1180. The third-order valence-electron chi connectivity index (χ3n) is 6.90. The first-order valence-electron chi connectivity index (χ1n) is 12.3. The van der Waals surface area contributed by atoms with Crippen LogP contribution in [0.1, 0.15) is 51.9 Å². The normalized spacial score (nSPS) is 18.1. The van der Waals surface area contributed by atoms with E-state index in [4.69, 9.17) is 0 Å². The lowest BCUT2D eigenvalue weighted by Crippen LogP contribution is -2.48. The molecular weight excluding hydrogens is 436 g/mol. The van der Waals surface area contributed by atoms with E-state index in [1.165, 1.54) is 5.56 Å². The topological polar surface area (TPSA) is 55.9 Å². The molecule has 2 aliphatic rings. The summed E-state index contributed by atoms with van der Waals surface area (Å²) in [6.07, 6.45) is -0.224. The molecule has 1 saturated heterocycles. The summed E-state index contributed by atoms with van der Waals surface area (Å²) in [6, 6.07) is 25.9. The maximum atomic E-state index is 13.1. The van der Waals surface area contributed by atoms with Crippen LogP contribution in [0.25, 0.3) is 0 Å². The smallest absolute Gasteiger partial charge is 0.256 e. The molecule has 6 nitrogen and oxygen atoms in total. The first-order valence-corrected chi connectivity index (χ1v) is 12.3. The van der Waals surface area contributed by atoms with Crippen molar-refractivity contribution in [3.8, 4) is 0 Å². The Hall–Kier alpha value is -3.64. The summed E-state index contributed by atoms with van der Waals surface area (Å²) in [5, 5.41) is 3.51. The minimum Gasteiger partial charge on any atom is -0.361 e. The zero-order chi connectivity index (χ0) is 24.4. The van der Waals surface area contributed by atoms with Crippen molar-refractivity contribution in [1.29, 1.82) is 0 Å². The van der Waals surface area contributed by atoms with Crippen molar-refractivity contribution in [2.45, 2.75) is 32.6 Å². The van der Waals surface area contributed by atoms with Crippen LogP contribution in [-0.4, -0.2) is 58.7 Å². The first-order chi connectivity index (χ1) is 17.0. The Balaban J connectivity index is 1.21. The minimum absolute atomic E-state index is 0.0475. The van der Waals surface area contributed by atoms with Gasteiger partial charge in [0.25, 0.3) is 11.8 Å². The van der Waals surface area contributed by atoms with Crippen molar-refractivity contribution in [2.75, 3.05) is 31.5 Å². The van der Waals surface area contributed by atoms with Crippen LogP contribution in [0.2, 0.25) is 0 Å². The van der Waals surface area contributed by atoms with Gasteiger partial charge in [-0.1, -0.05) is 48.5 Å². The number of carbonyl (C=O) groups is 2. The van der Waals surface area contributed by atoms with Crippen LogP contribution in [-0.2, 0) is 6.54 Å². The number of nitrogens with zero attached hydrogens (tertiary/aromatic N) is 3. The van der Waals surface area contributed by atoms with Crippen molar-refractivity contribution in [3.05, 3.63) is 101 Å². The molecule has 0 bridgehead atoms. The molecule has 3 aromatic rings. The van der Waals surface area contributed by atoms with Gasteiger partial charge in [0.2, 0.25) is 0 Å². The molecule has 0 aromatic heterocycles. The number of rotatable bonds is 6.